The van der Waals surface area contributed by atoms with Gasteiger partial charge in [-0.1, -0.05) is 30.3 Å². The summed E-state index contributed by atoms with van der Waals surface area (Å²) in [5.41, 5.74) is 1.12. The van der Waals surface area contributed by atoms with Crippen molar-refractivity contribution in [1.82, 2.24) is 0 Å². The summed E-state index contributed by atoms with van der Waals surface area (Å²) >= 11 is 0. The molecule has 5 nitrogen and oxygen atoms in total. The highest BCUT2D eigenvalue weighted by molar-refractivity contribution is 5.13. The number of methoxy groups -OCH3 is 1. The highest BCUT2D eigenvalue weighted by atomic mass is 16.7. The first kappa shape index (κ1) is 17.1. The van der Waals surface area contributed by atoms with Gasteiger partial charge in [-0.15, -0.1) is 0 Å². The van der Waals surface area contributed by atoms with Crippen LogP contribution in [0.5, 0.6) is 0 Å². The fraction of sp³-hybridized carbons (Fsp3) is 0.600. The van der Waals surface area contributed by atoms with Crippen LogP contribution in [0.15, 0.2) is 30.3 Å². The van der Waals surface area contributed by atoms with Gasteiger partial charge in [0, 0.05) is 20.1 Å². The Bertz CT molecular complexity index is 330. The lowest BCUT2D eigenvalue weighted by Crippen LogP contribution is -2.25. The Labute approximate surface area is 120 Å². The molecule has 5 heteroatoms. The fourth-order valence-electron chi connectivity index (χ4n) is 1.79. The molecule has 0 aliphatic carbocycles. The SMILES string of the molecule is COCO[C@@H](CCOCc1ccccc1)C[C@@H](O)CO. The second-order valence-corrected chi connectivity index (χ2v) is 4.59. The summed E-state index contributed by atoms with van der Waals surface area (Å²) in [6.45, 7) is 0.987. The van der Waals surface area contributed by atoms with Crippen molar-refractivity contribution in [3.05, 3.63) is 35.9 Å². The van der Waals surface area contributed by atoms with Gasteiger partial charge in [0.05, 0.1) is 25.4 Å². The third-order valence-corrected chi connectivity index (χ3v) is 2.86. The van der Waals surface area contributed by atoms with E-state index < -0.39 is 6.10 Å². The van der Waals surface area contributed by atoms with Gasteiger partial charge in [0.15, 0.2) is 0 Å². The predicted octanol–water partition coefficient (Wildman–Crippen LogP) is 1.33. The minimum atomic E-state index is -0.772. The molecule has 1 aromatic carbocycles. The molecule has 0 aromatic heterocycles. The molecule has 0 radical (unpaired) electrons. The lowest BCUT2D eigenvalue weighted by molar-refractivity contribution is -0.0960. The van der Waals surface area contributed by atoms with E-state index in [1.165, 1.54) is 0 Å². The minimum Gasteiger partial charge on any atom is -0.394 e. The van der Waals surface area contributed by atoms with E-state index in [-0.39, 0.29) is 19.5 Å². The van der Waals surface area contributed by atoms with Crippen LogP contribution in [0.25, 0.3) is 0 Å². The summed E-state index contributed by atoms with van der Waals surface area (Å²) in [4.78, 5) is 0. The Hall–Kier alpha value is -0.980. The summed E-state index contributed by atoms with van der Waals surface area (Å²) in [6, 6.07) is 9.93. The molecular formula is C15H24O5. The molecule has 0 saturated carbocycles. The summed E-state index contributed by atoms with van der Waals surface area (Å²) in [7, 11) is 1.55. The molecule has 114 valence electrons. The van der Waals surface area contributed by atoms with E-state index in [0.717, 1.165) is 5.56 Å². The van der Waals surface area contributed by atoms with Crippen LogP contribution in [0, 0.1) is 0 Å². The van der Waals surface area contributed by atoms with Gasteiger partial charge in [0.25, 0.3) is 0 Å². The Morgan fingerprint density at radius 1 is 1.20 bits per heavy atom. The van der Waals surface area contributed by atoms with Gasteiger partial charge in [-0.25, -0.2) is 0 Å². The van der Waals surface area contributed by atoms with Crippen molar-refractivity contribution in [2.45, 2.75) is 31.7 Å². The van der Waals surface area contributed by atoms with E-state index in [1.54, 1.807) is 7.11 Å². The average molecular weight is 284 g/mol. The van der Waals surface area contributed by atoms with Gasteiger partial charge in [0.1, 0.15) is 6.79 Å². The number of hydrogen-bond acceptors (Lipinski definition) is 5. The van der Waals surface area contributed by atoms with Gasteiger partial charge in [-0.05, 0) is 12.0 Å². The lowest BCUT2D eigenvalue weighted by atomic mass is 10.1. The first-order valence-corrected chi connectivity index (χ1v) is 6.77. The van der Waals surface area contributed by atoms with Gasteiger partial charge < -0.3 is 24.4 Å². The fourth-order valence-corrected chi connectivity index (χ4v) is 1.79. The van der Waals surface area contributed by atoms with Crippen LogP contribution >= 0.6 is 0 Å². The summed E-state index contributed by atoms with van der Waals surface area (Å²) in [6.07, 6.45) is 0.0563. The summed E-state index contributed by atoms with van der Waals surface area (Å²) in [5, 5.41) is 18.3. The Balaban J connectivity index is 2.23. The van der Waals surface area contributed by atoms with Crippen molar-refractivity contribution < 1.29 is 24.4 Å². The number of benzene rings is 1. The normalized spacial score (nSPS) is 14.2. The minimum absolute atomic E-state index is 0.168. The Morgan fingerprint density at radius 2 is 1.95 bits per heavy atom. The van der Waals surface area contributed by atoms with Gasteiger partial charge in [-0.3, -0.25) is 0 Å². The molecule has 0 aliphatic rings. The van der Waals surface area contributed by atoms with Crippen LogP contribution in [-0.4, -0.2) is 49.5 Å². The van der Waals surface area contributed by atoms with Gasteiger partial charge in [-0.2, -0.15) is 0 Å². The molecule has 0 unspecified atom stereocenters. The standard InChI is InChI=1S/C15H24O5/c1-18-12-20-15(9-14(17)10-16)7-8-19-11-13-5-3-2-4-6-13/h2-6,14-17H,7-12H2,1H3/t14-,15+/m1/s1. The van der Waals surface area contributed by atoms with Crippen LogP contribution in [0.2, 0.25) is 0 Å². The third-order valence-electron chi connectivity index (χ3n) is 2.86. The third kappa shape index (κ3) is 7.57. The first-order valence-electron chi connectivity index (χ1n) is 6.77. The monoisotopic (exact) mass is 284 g/mol. The number of aliphatic hydroxyl groups excluding tert-OH is 2. The molecule has 2 N–H and O–H groups in total. The van der Waals surface area contributed by atoms with Crippen LogP contribution in [0.3, 0.4) is 0 Å². The molecule has 2 atom stereocenters. The van der Waals surface area contributed by atoms with Crippen molar-refractivity contribution in [3.8, 4) is 0 Å². The molecule has 0 bridgehead atoms. The lowest BCUT2D eigenvalue weighted by Gasteiger charge is -2.19. The largest absolute Gasteiger partial charge is 0.394 e. The topological polar surface area (TPSA) is 68.2 Å². The summed E-state index contributed by atoms with van der Waals surface area (Å²) in [5.74, 6) is 0. The van der Waals surface area contributed by atoms with Crippen molar-refractivity contribution in [1.29, 1.82) is 0 Å². The van der Waals surface area contributed by atoms with Crippen LogP contribution < -0.4 is 0 Å². The number of aliphatic hydroxyl groups is 2. The maximum atomic E-state index is 9.45. The van der Waals surface area contributed by atoms with Crippen LogP contribution in [0.1, 0.15) is 18.4 Å². The maximum Gasteiger partial charge on any atom is 0.146 e. The molecule has 0 saturated heterocycles. The summed E-state index contributed by atoms with van der Waals surface area (Å²) < 4.78 is 15.9. The zero-order chi connectivity index (χ0) is 14.6. The highest BCUT2D eigenvalue weighted by Gasteiger charge is 2.14. The second kappa shape index (κ2) is 10.8. The highest BCUT2D eigenvalue weighted by Crippen LogP contribution is 2.09. The van der Waals surface area contributed by atoms with Gasteiger partial charge in [0.2, 0.25) is 0 Å². The molecule has 0 fully saturated rings. The Kier molecular flexibility index (Phi) is 9.19. The quantitative estimate of drug-likeness (QED) is 0.474. The van der Waals surface area contributed by atoms with Crippen molar-refractivity contribution in [3.63, 3.8) is 0 Å². The smallest absolute Gasteiger partial charge is 0.146 e. The van der Waals surface area contributed by atoms with E-state index in [9.17, 15) is 5.11 Å². The molecular weight excluding hydrogens is 260 g/mol. The predicted molar refractivity (Wildman–Crippen MR) is 75.2 cm³/mol. The van der Waals surface area contributed by atoms with Crippen molar-refractivity contribution in [2.75, 3.05) is 27.1 Å². The molecule has 20 heavy (non-hydrogen) atoms. The van der Waals surface area contributed by atoms with E-state index in [2.05, 4.69) is 0 Å². The number of hydrogen-bond donors (Lipinski definition) is 2. The molecule has 1 rings (SSSR count). The number of ether oxygens (including phenoxy) is 3. The van der Waals surface area contributed by atoms with E-state index >= 15 is 0 Å². The molecule has 0 aliphatic heterocycles. The Morgan fingerprint density at radius 3 is 2.60 bits per heavy atom. The molecule has 0 spiro atoms. The van der Waals surface area contributed by atoms with Crippen LogP contribution in [0.4, 0.5) is 0 Å². The van der Waals surface area contributed by atoms with Crippen molar-refractivity contribution >= 4 is 0 Å². The zero-order valence-electron chi connectivity index (χ0n) is 11.9. The van der Waals surface area contributed by atoms with E-state index in [1.807, 2.05) is 30.3 Å². The zero-order valence-corrected chi connectivity index (χ0v) is 11.9. The van der Waals surface area contributed by atoms with E-state index in [4.69, 9.17) is 19.3 Å². The van der Waals surface area contributed by atoms with Crippen molar-refractivity contribution in [2.24, 2.45) is 0 Å². The maximum absolute atomic E-state index is 9.45. The first-order chi connectivity index (χ1) is 9.76. The molecule has 0 amide bonds. The van der Waals surface area contributed by atoms with Gasteiger partial charge >= 0.3 is 0 Å². The number of rotatable bonds is 11. The van der Waals surface area contributed by atoms with Crippen LogP contribution in [-0.2, 0) is 20.8 Å². The molecule has 1 aromatic rings. The average Bonchev–Trinajstić information content (AvgIpc) is 2.49. The second-order valence-electron chi connectivity index (χ2n) is 4.59. The van der Waals surface area contributed by atoms with E-state index in [0.29, 0.717) is 26.1 Å². The molecule has 0 heterocycles.